The topological polar surface area (TPSA) is 55.8 Å². The standard InChI is InChI=1S/C31H44O4/c1-3-5-6-7-21-35-28-19-20-29(31(32)33)30(23-28)26-15-17-27(18-16-26)34-22-8-10-25-13-11-24(9-4-2)12-14-25/h15-20,23-25H,3-14,21-22H2,1-2H3,(H,32,33). The van der Waals surface area contributed by atoms with Crippen LogP contribution in [0.3, 0.4) is 0 Å². The van der Waals surface area contributed by atoms with Gasteiger partial charge in [-0.2, -0.15) is 0 Å². The quantitative estimate of drug-likeness (QED) is 0.259. The first-order valence-electron chi connectivity index (χ1n) is 13.8. The minimum absolute atomic E-state index is 0.283. The predicted octanol–water partition coefficient (Wildman–Crippen LogP) is 8.78. The van der Waals surface area contributed by atoms with Crippen molar-refractivity contribution >= 4 is 5.97 Å². The van der Waals surface area contributed by atoms with Crippen LogP contribution in [0.5, 0.6) is 11.5 Å². The van der Waals surface area contributed by atoms with Crippen molar-refractivity contribution in [2.45, 2.75) is 90.9 Å². The summed E-state index contributed by atoms with van der Waals surface area (Å²) in [5.74, 6) is 2.44. The molecule has 0 unspecified atom stereocenters. The normalized spacial score (nSPS) is 17.8. The van der Waals surface area contributed by atoms with Gasteiger partial charge < -0.3 is 14.6 Å². The second-order valence-electron chi connectivity index (χ2n) is 10.1. The Morgan fingerprint density at radius 1 is 0.771 bits per heavy atom. The molecule has 2 aromatic carbocycles. The molecule has 1 N–H and O–H groups in total. The van der Waals surface area contributed by atoms with Crippen molar-refractivity contribution in [3.05, 3.63) is 48.0 Å². The van der Waals surface area contributed by atoms with E-state index in [4.69, 9.17) is 9.47 Å². The Morgan fingerprint density at radius 3 is 2.06 bits per heavy atom. The van der Waals surface area contributed by atoms with Crippen molar-refractivity contribution < 1.29 is 19.4 Å². The summed E-state index contributed by atoms with van der Waals surface area (Å²) < 4.78 is 11.9. The van der Waals surface area contributed by atoms with Crippen LogP contribution in [0, 0.1) is 11.8 Å². The molecule has 4 heteroatoms. The first kappa shape index (κ1) is 27.1. The van der Waals surface area contributed by atoms with Gasteiger partial charge in [-0.1, -0.05) is 83.8 Å². The minimum Gasteiger partial charge on any atom is -0.494 e. The van der Waals surface area contributed by atoms with Gasteiger partial charge in [0.1, 0.15) is 11.5 Å². The molecule has 0 aromatic heterocycles. The number of hydrogen-bond donors (Lipinski definition) is 1. The average Bonchev–Trinajstić information content (AvgIpc) is 2.88. The van der Waals surface area contributed by atoms with Crippen molar-refractivity contribution in [2.75, 3.05) is 13.2 Å². The highest BCUT2D eigenvalue weighted by atomic mass is 16.5. The van der Waals surface area contributed by atoms with Crippen molar-refractivity contribution in [1.82, 2.24) is 0 Å². The zero-order chi connectivity index (χ0) is 24.9. The third-order valence-electron chi connectivity index (χ3n) is 7.34. The zero-order valence-electron chi connectivity index (χ0n) is 21.8. The van der Waals surface area contributed by atoms with Gasteiger partial charge in [0.05, 0.1) is 18.8 Å². The molecule has 0 spiro atoms. The van der Waals surface area contributed by atoms with E-state index in [-0.39, 0.29) is 5.56 Å². The summed E-state index contributed by atoms with van der Waals surface area (Å²) in [5, 5.41) is 9.67. The number of rotatable bonds is 15. The molecule has 1 aliphatic carbocycles. The molecule has 0 atom stereocenters. The number of hydrogen-bond acceptors (Lipinski definition) is 3. The van der Waals surface area contributed by atoms with Crippen LogP contribution in [-0.4, -0.2) is 24.3 Å². The Balaban J connectivity index is 1.49. The second kappa shape index (κ2) is 14.8. The van der Waals surface area contributed by atoms with Crippen LogP contribution < -0.4 is 9.47 Å². The van der Waals surface area contributed by atoms with Gasteiger partial charge in [0, 0.05) is 0 Å². The number of carboxylic acids is 1. The van der Waals surface area contributed by atoms with Crippen LogP contribution in [0.1, 0.15) is 101 Å². The molecule has 1 aliphatic rings. The van der Waals surface area contributed by atoms with Gasteiger partial charge >= 0.3 is 5.97 Å². The van der Waals surface area contributed by atoms with Crippen molar-refractivity contribution in [3.8, 4) is 22.6 Å². The number of ether oxygens (including phenoxy) is 2. The molecule has 0 amide bonds. The Kier molecular flexibility index (Phi) is 11.5. The van der Waals surface area contributed by atoms with E-state index in [1.54, 1.807) is 12.1 Å². The first-order chi connectivity index (χ1) is 17.1. The fourth-order valence-corrected chi connectivity index (χ4v) is 5.27. The summed E-state index contributed by atoms with van der Waals surface area (Å²) in [4.78, 5) is 11.8. The van der Waals surface area contributed by atoms with Crippen LogP contribution in [0.25, 0.3) is 11.1 Å². The van der Waals surface area contributed by atoms with Crippen LogP contribution in [0.15, 0.2) is 42.5 Å². The van der Waals surface area contributed by atoms with Crippen LogP contribution in [0.2, 0.25) is 0 Å². The lowest BCUT2D eigenvalue weighted by atomic mass is 9.78. The van der Waals surface area contributed by atoms with Crippen LogP contribution in [-0.2, 0) is 0 Å². The highest BCUT2D eigenvalue weighted by Gasteiger charge is 2.20. The summed E-state index contributed by atoms with van der Waals surface area (Å²) in [5.41, 5.74) is 1.81. The predicted molar refractivity (Wildman–Crippen MR) is 144 cm³/mol. The Bertz CT molecular complexity index is 881. The Hall–Kier alpha value is -2.49. The lowest BCUT2D eigenvalue weighted by Gasteiger charge is -2.28. The van der Waals surface area contributed by atoms with E-state index in [1.807, 2.05) is 30.3 Å². The average molecular weight is 481 g/mol. The molecule has 3 rings (SSSR count). The Labute approximate surface area is 212 Å². The SMILES string of the molecule is CCCCCCOc1ccc(C(=O)O)c(-c2ccc(OCCCC3CCC(CCC)CC3)cc2)c1. The van der Waals surface area contributed by atoms with Crippen LogP contribution >= 0.6 is 0 Å². The van der Waals surface area contributed by atoms with Gasteiger partial charge in [0.15, 0.2) is 0 Å². The van der Waals surface area contributed by atoms with Crippen molar-refractivity contribution in [1.29, 1.82) is 0 Å². The van der Waals surface area contributed by atoms with Crippen molar-refractivity contribution in [2.24, 2.45) is 11.8 Å². The van der Waals surface area contributed by atoms with Crippen LogP contribution in [0.4, 0.5) is 0 Å². The highest BCUT2D eigenvalue weighted by molar-refractivity contribution is 5.96. The van der Waals surface area contributed by atoms with Gasteiger partial charge in [0.25, 0.3) is 0 Å². The van der Waals surface area contributed by atoms with E-state index in [2.05, 4.69) is 13.8 Å². The molecule has 1 fully saturated rings. The van der Waals surface area contributed by atoms with E-state index in [1.165, 1.54) is 57.8 Å². The molecule has 0 radical (unpaired) electrons. The molecule has 1 saturated carbocycles. The Morgan fingerprint density at radius 2 is 1.40 bits per heavy atom. The third kappa shape index (κ3) is 8.91. The largest absolute Gasteiger partial charge is 0.494 e. The number of benzene rings is 2. The number of aromatic carboxylic acids is 1. The monoisotopic (exact) mass is 480 g/mol. The molecule has 192 valence electrons. The summed E-state index contributed by atoms with van der Waals surface area (Å²) in [6, 6.07) is 13.0. The fraction of sp³-hybridized carbons (Fsp3) is 0.581. The summed E-state index contributed by atoms with van der Waals surface area (Å²) in [6.07, 6.45) is 15.2. The second-order valence-corrected chi connectivity index (χ2v) is 10.1. The van der Waals surface area contributed by atoms with Gasteiger partial charge in [-0.05, 0) is 72.6 Å². The minimum atomic E-state index is -0.932. The number of carbonyl (C=O) groups is 1. The van der Waals surface area contributed by atoms with E-state index < -0.39 is 5.97 Å². The van der Waals surface area contributed by atoms with Gasteiger partial charge in [-0.3, -0.25) is 0 Å². The van der Waals surface area contributed by atoms with E-state index in [0.717, 1.165) is 49.0 Å². The molecule has 0 bridgehead atoms. The van der Waals surface area contributed by atoms with E-state index >= 15 is 0 Å². The molecule has 0 saturated heterocycles. The number of unbranched alkanes of at least 4 members (excludes halogenated alkanes) is 3. The maximum absolute atomic E-state index is 11.8. The molecule has 4 nitrogen and oxygen atoms in total. The molecule has 0 heterocycles. The fourth-order valence-electron chi connectivity index (χ4n) is 5.27. The summed E-state index contributed by atoms with van der Waals surface area (Å²) in [7, 11) is 0. The first-order valence-corrected chi connectivity index (χ1v) is 13.8. The van der Waals surface area contributed by atoms with Gasteiger partial charge in [-0.25, -0.2) is 4.79 Å². The zero-order valence-corrected chi connectivity index (χ0v) is 21.8. The summed E-state index contributed by atoms with van der Waals surface area (Å²) in [6.45, 7) is 5.87. The summed E-state index contributed by atoms with van der Waals surface area (Å²) >= 11 is 0. The lowest BCUT2D eigenvalue weighted by Crippen LogP contribution is -2.15. The lowest BCUT2D eigenvalue weighted by molar-refractivity contribution is 0.0697. The third-order valence-corrected chi connectivity index (χ3v) is 7.34. The number of carboxylic acid groups (broad SMARTS) is 1. The van der Waals surface area contributed by atoms with Crippen molar-refractivity contribution in [3.63, 3.8) is 0 Å². The molecular formula is C31H44O4. The van der Waals surface area contributed by atoms with Gasteiger partial charge in [0.2, 0.25) is 0 Å². The molecule has 2 aromatic rings. The van der Waals surface area contributed by atoms with E-state index in [0.29, 0.717) is 17.9 Å². The maximum Gasteiger partial charge on any atom is 0.336 e. The van der Waals surface area contributed by atoms with E-state index in [9.17, 15) is 9.90 Å². The molecular weight excluding hydrogens is 436 g/mol. The smallest absolute Gasteiger partial charge is 0.336 e. The molecule has 35 heavy (non-hydrogen) atoms. The highest BCUT2D eigenvalue weighted by Crippen LogP contribution is 2.34. The van der Waals surface area contributed by atoms with Gasteiger partial charge in [-0.15, -0.1) is 0 Å². The maximum atomic E-state index is 11.8. The molecule has 0 aliphatic heterocycles.